The first kappa shape index (κ1) is 25.4. The molecule has 4 aromatic rings. The maximum atomic E-state index is 13.7. The Bertz CT molecular complexity index is 1520. The van der Waals surface area contributed by atoms with E-state index in [0.717, 1.165) is 45.1 Å². The number of halogens is 3. The molecular formula is C21H20F3N5O3S3. The van der Waals surface area contributed by atoms with Crippen LogP contribution in [-0.2, 0) is 19.8 Å². The zero-order valence-electron chi connectivity index (χ0n) is 18.7. The third-order valence-corrected chi connectivity index (χ3v) is 8.45. The smallest absolute Gasteiger partial charge is 0.383 e. The quantitative estimate of drug-likeness (QED) is 0.376. The molecule has 3 heterocycles. The van der Waals surface area contributed by atoms with Crippen LogP contribution in [0.3, 0.4) is 0 Å². The highest BCUT2D eigenvalue weighted by molar-refractivity contribution is 8.01. The molecule has 8 nitrogen and oxygen atoms in total. The number of rotatable bonds is 6. The molecule has 0 amide bonds. The Hall–Kier alpha value is -2.68. The van der Waals surface area contributed by atoms with E-state index in [1.165, 1.54) is 29.8 Å². The molecule has 0 aliphatic heterocycles. The third-order valence-electron chi connectivity index (χ3n) is 5.12. The van der Waals surface area contributed by atoms with Gasteiger partial charge in [0.15, 0.2) is 4.34 Å². The van der Waals surface area contributed by atoms with Crippen LogP contribution in [0.1, 0.15) is 36.0 Å². The second-order valence-electron chi connectivity index (χ2n) is 8.12. The van der Waals surface area contributed by atoms with Gasteiger partial charge < -0.3 is 10.8 Å². The van der Waals surface area contributed by atoms with Gasteiger partial charge in [-0.2, -0.15) is 13.2 Å². The lowest BCUT2D eigenvalue weighted by molar-refractivity contribution is -0.139. The van der Waals surface area contributed by atoms with E-state index in [9.17, 15) is 27.9 Å². The van der Waals surface area contributed by atoms with E-state index in [0.29, 0.717) is 4.34 Å². The van der Waals surface area contributed by atoms with Crippen LogP contribution in [0.2, 0.25) is 0 Å². The van der Waals surface area contributed by atoms with Crippen LogP contribution in [0, 0.1) is 5.92 Å². The average molecular weight is 544 g/mol. The van der Waals surface area contributed by atoms with Crippen LogP contribution in [0.5, 0.6) is 0 Å². The molecule has 35 heavy (non-hydrogen) atoms. The predicted molar refractivity (Wildman–Crippen MR) is 130 cm³/mol. The second kappa shape index (κ2) is 9.41. The minimum atomic E-state index is -4.70. The van der Waals surface area contributed by atoms with Crippen molar-refractivity contribution in [2.24, 2.45) is 13.0 Å². The summed E-state index contributed by atoms with van der Waals surface area (Å²) < 4.78 is 43.8. The number of benzene rings is 1. The SMILES string of the molecule is CC(C)Cn1c(=O)n(C)c(=O)c2c(Sc3nnc(N)s3)c(C(O)c3ccccc3C(F)(F)F)sc21. The molecular weight excluding hydrogens is 523 g/mol. The number of alkyl halides is 3. The van der Waals surface area contributed by atoms with Crippen molar-refractivity contribution in [3.8, 4) is 0 Å². The Morgan fingerprint density at radius 1 is 1.17 bits per heavy atom. The van der Waals surface area contributed by atoms with Crippen LogP contribution < -0.4 is 17.0 Å². The molecule has 3 aromatic heterocycles. The number of thiophene rings is 1. The van der Waals surface area contributed by atoms with E-state index in [4.69, 9.17) is 5.73 Å². The molecule has 0 aliphatic rings. The Morgan fingerprint density at radius 2 is 1.86 bits per heavy atom. The number of nitrogens with two attached hydrogens (primary N) is 1. The number of hydrogen-bond donors (Lipinski definition) is 2. The molecule has 1 atom stereocenters. The van der Waals surface area contributed by atoms with Crippen LogP contribution in [-0.4, -0.2) is 24.4 Å². The topological polar surface area (TPSA) is 116 Å². The Kier molecular flexibility index (Phi) is 6.83. The number of hydrogen-bond acceptors (Lipinski definition) is 9. The first-order chi connectivity index (χ1) is 16.4. The zero-order chi connectivity index (χ0) is 25.7. The van der Waals surface area contributed by atoms with Crippen LogP contribution >= 0.6 is 34.4 Å². The normalized spacial score (nSPS) is 13.1. The maximum absolute atomic E-state index is 13.7. The molecule has 4 rings (SSSR count). The largest absolute Gasteiger partial charge is 0.416 e. The van der Waals surface area contributed by atoms with Gasteiger partial charge in [0.25, 0.3) is 5.56 Å². The number of nitrogens with zero attached hydrogens (tertiary/aromatic N) is 4. The molecule has 0 saturated heterocycles. The van der Waals surface area contributed by atoms with E-state index in [1.54, 1.807) is 0 Å². The zero-order valence-corrected chi connectivity index (χ0v) is 21.1. The number of aliphatic hydroxyl groups excluding tert-OH is 1. The van der Waals surface area contributed by atoms with Gasteiger partial charge in [-0.05, 0) is 17.5 Å². The van der Waals surface area contributed by atoms with Gasteiger partial charge in [0.05, 0.1) is 15.8 Å². The van der Waals surface area contributed by atoms with E-state index in [-0.39, 0.29) is 43.1 Å². The standard InChI is InChI=1S/C21H20F3N5O3S3/c1-9(2)8-29-17-12(16(31)28(3)20(29)32)14(34-19-27-26-18(25)35-19)15(33-17)13(30)10-6-4-5-7-11(10)21(22,23)24/h4-7,9,13,30H,8H2,1-3H3,(H2,25,26). The molecule has 0 radical (unpaired) electrons. The lowest BCUT2D eigenvalue weighted by Gasteiger charge is -2.17. The average Bonchev–Trinajstić information content (AvgIpc) is 3.37. The Balaban J connectivity index is 2.05. The highest BCUT2D eigenvalue weighted by Gasteiger charge is 2.36. The second-order valence-corrected chi connectivity index (χ2v) is 11.4. The Morgan fingerprint density at radius 3 is 2.46 bits per heavy atom. The minimum absolute atomic E-state index is 0.0360. The van der Waals surface area contributed by atoms with Gasteiger partial charge >= 0.3 is 11.9 Å². The van der Waals surface area contributed by atoms with Crippen molar-refractivity contribution in [1.82, 2.24) is 19.3 Å². The fourth-order valence-electron chi connectivity index (χ4n) is 3.61. The number of fused-ring (bicyclic) bond motifs is 1. The highest BCUT2D eigenvalue weighted by atomic mass is 32.2. The summed E-state index contributed by atoms with van der Waals surface area (Å²) in [5, 5.41) is 19.2. The summed E-state index contributed by atoms with van der Waals surface area (Å²) in [6.07, 6.45) is -6.42. The summed E-state index contributed by atoms with van der Waals surface area (Å²) in [6, 6.07) is 4.71. The monoisotopic (exact) mass is 543 g/mol. The number of anilines is 1. The van der Waals surface area contributed by atoms with Gasteiger partial charge in [-0.1, -0.05) is 55.1 Å². The summed E-state index contributed by atoms with van der Waals surface area (Å²) in [5.74, 6) is 0.0360. The highest BCUT2D eigenvalue weighted by Crippen LogP contribution is 2.47. The predicted octanol–water partition coefficient (Wildman–Crippen LogP) is 4.10. The molecule has 14 heteroatoms. The Labute approximate surface area is 208 Å². The van der Waals surface area contributed by atoms with Crippen LogP contribution in [0.25, 0.3) is 10.2 Å². The summed E-state index contributed by atoms with van der Waals surface area (Å²) in [7, 11) is 1.34. The number of aliphatic hydroxyl groups is 1. The molecule has 0 spiro atoms. The van der Waals surface area contributed by atoms with Gasteiger partial charge in [0.1, 0.15) is 10.9 Å². The fraction of sp³-hybridized carbons (Fsp3) is 0.333. The van der Waals surface area contributed by atoms with Crippen molar-refractivity contribution in [3.05, 3.63) is 61.1 Å². The van der Waals surface area contributed by atoms with Crippen molar-refractivity contribution in [1.29, 1.82) is 0 Å². The summed E-state index contributed by atoms with van der Waals surface area (Å²) in [5.41, 5.74) is 3.15. The lowest BCUT2D eigenvalue weighted by atomic mass is 10.0. The third kappa shape index (κ3) is 4.75. The lowest BCUT2D eigenvalue weighted by Crippen LogP contribution is -2.38. The fourth-order valence-corrected chi connectivity index (χ4v) is 6.89. The van der Waals surface area contributed by atoms with Crippen LogP contribution in [0.15, 0.2) is 43.1 Å². The number of aromatic nitrogens is 4. The van der Waals surface area contributed by atoms with Crippen molar-refractivity contribution >= 4 is 49.8 Å². The first-order valence-corrected chi connectivity index (χ1v) is 12.7. The molecule has 0 saturated carbocycles. The summed E-state index contributed by atoms with van der Waals surface area (Å²) in [4.78, 5) is 26.7. The summed E-state index contributed by atoms with van der Waals surface area (Å²) >= 11 is 2.91. The van der Waals surface area contributed by atoms with Crippen molar-refractivity contribution in [3.63, 3.8) is 0 Å². The molecule has 1 aromatic carbocycles. The molecule has 1 unspecified atom stereocenters. The van der Waals surface area contributed by atoms with Gasteiger partial charge in [0, 0.05) is 18.5 Å². The van der Waals surface area contributed by atoms with E-state index >= 15 is 0 Å². The minimum Gasteiger partial charge on any atom is -0.383 e. The van der Waals surface area contributed by atoms with Gasteiger partial charge in [-0.3, -0.25) is 13.9 Å². The van der Waals surface area contributed by atoms with Crippen molar-refractivity contribution < 1.29 is 18.3 Å². The molecule has 3 N–H and O–H groups in total. The summed E-state index contributed by atoms with van der Waals surface area (Å²) in [6.45, 7) is 4.06. The van der Waals surface area contributed by atoms with Gasteiger partial charge in [-0.25, -0.2) is 4.79 Å². The maximum Gasteiger partial charge on any atom is 0.416 e. The van der Waals surface area contributed by atoms with E-state index in [1.807, 2.05) is 13.8 Å². The molecule has 0 fully saturated rings. The molecule has 0 aliphatic carbocycles. The first-order valence-electron chi connectivity index (χ1n) is 10.3. The molecule has 186 valence electrons. The van der Waals surface area contributed by atoms with Gasteiger partial charge in [0.2, 0.25) is 5.13 Å². The van der Waals surface area contributed by atoms with E-state index < -0.39 is 29.1 Å². The van der Waals surface area contributed by atoms with Crippen molar-refractivity contribution in [2.45, 2.75) is 41.9 Å². The molecule has 0 bridgehead atoms. The van der Waals surface area contributed by atoms with Crippen molar-refractivity contribution in [2.75, 3.05) is 5.73 Å². The van der Waals surface area contributed by atoms with Gasteiger partial charge in [-0.15, -0.1) is 21.5 Å². The number of nitrogen functional groups attached to an aromatic ring is 1. The van der Waals surface area contributed by atoms with Crippen LogP contribution in [0.4, 0.5) is 18.3 Å². The van der Waals surface area contributed by atoms with E-state index in [2.05, 4.69) is 10.2 Å².